The lowest BCUT2D eigenvalue weighted by Gasteiger charge is -2.10. The highest BCUT2D eigenvalue weighted by Gasteiger charge is 2.18. The summed E-state index contributed by atoms with van der Waals surface area (Å²) in [5.74, 6) is 0.565. The molecule has 2 aromatic carbocycles. The third-order valence-electron chi connectivity index (χ3n) is 4.38. The molecule has 138 valence electrons. The van der Waals surface area contributed by atoms with E-state index in [9.17, 15) is 14.7 Å². The van der Waals surface area contributed by atoms with Crippen LogP contribution in [0.4, 0.5) is 0 Å². The fourth-order valence-corrected chi connectivity index (χ4v) is 2.96. The standard InChI is InChI=1S/C20H16O7/c1-2-11-5-14-13(7-19(22)27-17(14)8-15(11)21)9-24-20(23)12-3-4-16-18(6-12)26-10-25-16/h3-8,21H,2,9-10H2,1H3. The molecule has 4 rings (SSSR count). The number of phenolic OH excluding ortho intramolecular Hbond substituents is 1. The van der Waals surface area contributed by atoms with Gasteiger partial charge in [-0.2, -0.15) is 0 Å². The number of rotatable bonds is 4. The van der Waals surface area contributed by atoms with Crippen LogP contribution in [-0.4, -0.2) is 17.9 Å². The van der Waals surface area contributed by atoms with Crippen molar-refractivity contribution >= 4 is 16.9 Å². The molecule has 0 unspecified atom stereocenters. The molecule has 1 aliphatic rings. The first-order valence-electron chi connectivity index (χ1n) is 8.40. The molecule has 0 bridgehead atoms. The van der Waals surface area contributed by atoms with Gasteiger partial charge in [0.05, 0.1) is 5.56 Å². The summed E-state index contributed by atoms with van der Waals surface area (Å²) in [6.45, 7) is 1.91. The van der Waals surface area contributed by atoms with E-state index in [1.54, 1.807) is 24.3 Å². The van der Waals surface area contributed by atoms with E-state index in [0.29, 0.717) is 40.0 Å². The fourth-order valence-electron chi connectivity index (χ4n) is 2.96. The molecule has 0 spiro atoms. The number of esters is 1. The third kappa shape index (κ3) is 3.19. The first kappa shape index (κ1) is 17.0. The number of fused-ring (bicyclic) bond motifs is 2. The van der Waals surface area contributed by atoms with Crippen molar-refractivity contribution in [2.75, 3.05) is 6.79 Å². The van der Waals surface area contributed by atoms with E-state index in [-0.39, 0.29) is 24.7 Å². The molecule has 1 N–H and O–H groups in total. The third-order valence-corrected chi connectivity index (χ3v) is 4.38. The Bertz CT molecular complexity index is 1100. The van der Waals surface area contributed by atoms with E-state index in [0.717, 1.165) is 0 Å². The Hall–Kier alpha value is -3.48. The van der Waals surface area contributed by atoms with Crippen molar-refractivity contribution in [3.05, 3.63) is 63.5 Å². The molecule has 1 aliphatic heterocycles. The van der Waals surface area contributed by atoms with E-state index in [2.05, 4.69) is 0 Å². The predicted octanol–water partition coefficient (Wildman–Crippen LogP) is 3.15. The summed E-state index contributed by atoms with van der Waals surface area (Å²) in [5, 5.41) is 10.6. The fraction of sp³-hybridized carbons (Fsp3) is 0.200. The van der Waals surface area contributed by atoms with Crippen molar-refractivity contribution in [3.8, 4) is 17.2 Å². The smallest absolute Gasteiger partial charge is 0.338 e. The number of hydrogen-bond donors (Lipinski definition) is 1. The van der Waals surface area contributed by atoms with Crippen LogP contribution in [0.1, 0.15) is 28.4 Å². The summed E-state index contributed by atoms with van der Waals surface area (Å²) in [4.78, 5) is 24.1. The van der Waals surface area contributed by atoms with Gasteiger partial charge in [-0.25, -0.2) is 9.59 Å². The lowest BCUT2D eigenvalue weighted by Crippen LogP contribution is -2.08. The van der Waals surface area contributed by atoms with E-state index in [1.165, 1.54) is 12.1 Å². The van der Waals surface area contributed by atoms with Crippen molar-refractivity contribution in [1.29, 1.82) is 0 Å². The van der Waals surface area contributed by atoms with E-state index in [4.69, 9.17) is 18.6 Å². The van der Waals surface area contributed by atoms with Gasteiger partial charge in [0.1, 0.15) is 17.9 Å². The Labute approximate surface area is 153 Å². The van der Waals surface area contributed by atoms with Crippen LogP contribution in [0.3, 0.4) is 0 Å². The lowest BCUT2D eigenvalue weighted by molar-refractivity contribution is 0.0473. The van der Waals surface area contributed by atoms with Crippen molar-refractivity contribution in [1.82, 2.24) is 0 Å². The van der Waals surface area contributed by atoms with Crippen LogP contribution in [0, 0.1) is 0 Å². The predicted molar refractivity (Wildman–Crippen MR) is 95.2 cm³/mol. The Morgan fingerprint density at radius 3 is 2.74 bits per heavy atom. The number of ether oxygens (including phenoxy) is 3. The highest BCUT2D eigenvalue weighted by atomic mass is 16.7. The maximum atomic E-state index is 12.4. The van der Waals surface area contributed by atoms with Crippen LogP contribution in [-0.2, 0) is 17.8 Å². The van der Waals surface area contributed by atoms with Crippen LogP contribution < -0.4 is 15.1 Å². The molecular formula is C20H16O7. The molecule has 0 amide bonds. The summed E-state index contributed by atoms with van der Waals surface area (Å²) >= 11 is 0. The topological polar surface area (TPSA) is 95.2 Å². The first-order chi connectivity index (χ1) is 13.0. The molecule has 0 atom stereocenters. The summed E-state index contributed by atoms with van der Waals surface area (Å²) < 4.78 is 21.0. The minimum atomic E-state index is -0.583. The molecule has 0 saturated carbocycles. The van der Waals surface area contributed by atoms with Gasteiger partial charge in [-0.1, -0.05) is 6.92 Å². The zero-order chi connectivity index (χ0) is 19.0. The van der Waals surface area contributed by atoms with Gasteiger partial charge in [0, 0.05) is 23.1 Å². The minimum absolute atomic E-state index is 0.0580. The van der Waals surface area contributed by atoms with Gasteiger partial charge in [0.15, 0.2) is 11.5 Å². The quantitative estimate of drug-likeness (QED) is 0.558. The van der Waals surface area contributed by atoms with E-state index < -0.39 is 11.6 Å². The molecule has 7 nitrogen and oxygen atoms in total. The second kappa shape index (κ2) is 6.68. The highest BCUT2D eigenvalue weighted by molar-refractivity contribution is 5.90. The second-order valence-corrected chi connectivity index (χ2v) is 6.07. The number of aromatic hydroxyl groups is 1. The van der Waals surface area contributed by atoms with Crippen LogP contribution in [0.2, 0.25) is 0 Å². The average Bonchev–Trinajstić information content (AvgIpc) is 3.13. The molecule has 0 radical (unpaired) electrons. The van der Waals surface area contributed by atoms with Crippen molar-refractivity contribution in [3.63, 3.8) is 0 Å². The Morgan fingerprint density at radius 2 is 1.93 bits per heavy atom. The van der Waals surface area contributed by atoms with Crippen molar-refractivity contribution in [2.45, 2.75) is 20.0 Å². The van der Waals surface area contributed by atoms with Gasteiger partial charge in [0.2, 0.25) is 6.79 Å². The van der Waals surface area contributed by atoms with Gasteiger partial charge >= 0.3 is 11.6 Å². The maximum absolute atomic E-state index is 12.4. The Balaban J connectivity index is 1.61. The number of phenols is 1. The Morgan fingerprint density at radius 1 is 1.11 bits per heavy atom. The second-order valence-electron chi connectivity index (χ2n) is 6.07. The summed E-state index contributed by atoms with van der Waals surface area (Å²) in [6.07, 6.45) is 0.608. The van der Waals surface area contributed by atoms with Crippen molar-refractivity contribution in [2.24, 2.45) is 0 Å². The van der Waals surface area contributed by atoms with Crippen LogP contribution >= 0.6 is 0 Å². The minimum Gasteiger partial charge on any atom is -0.508 e. The molecule has 2 heterocycles. The van der Waals surface area contributed by atoms with Crippen molar-refractivity contribution < 1.29 is 28.5 Å². The summed E-state index contributed by atoms with van der Waals surface area (Å²) in [6, 6.07) is 9.19. The zero-order valence-corrected chi connectivity index (χ0v) is 14.5. The number of carbonyl (C=O) groups is 1. The van der Waals surface area contributed by atoms with Gasteiger partial charge in [-0.15, -0.1) is 0 Å². The maximum Gasteiger partial charge on any atom is 0.338 e. The largest absolute Gasteiger partial charge is 0.508 e. The molecule has 7 heteroatoms. The van der Waals surface area contributed by atoms with Gasteiger partial charge < -0.3 is 23.7 Å². The molecule has 27 heavy (non-hydrogen) atoms. The zero-order valence-electron chi connectivity index (χ0n) is 14.5. The highest BCUT2D eigenvalue weighted by Crippen LogP contribution is 2.33. The van der Waals surface area contributed by atoms with Crippen LogP contribution in [0.25, 0.3) is 11.0 Å². The molecular weight excluding hydrogens is 352 g/mol. The first-order valence-corrected chi connectivity index (χ1v) is 8.40. The van der Waals surface area contributed by atoms with E-state index >= 15 is 0 Å². The molecule has 0 aliphatic carbocycles. The molecule has 0 saturated heterocycles. The number of hydrogen-bond acceptors (Lipinski definition) is 7. The SMILES string of the molecule is CCc1cc2c(COC(=O)c3ccc4c(c3)OCO4)cc(=O)oc2cc1O. The normalized spacial score (nSPS) is 12.3. The Kier molecular flexibility index (Phi) is 4.19. The molecule has 1 aromatic heterocycles. The number of benzene rings is 2. The average molecular weight is 368 g/mol. The molecule has 0 fully saturated rings. The van der Waals surface area contributed by atoms with E-state index in [1.807, 2.05) is 6.92 Å². The lowest BCUT2D eigenvalue weighted by atomic mass is 10.0. The van der Waals surface area contributed by atoms with Crippen LogP contribution in [0.15, 0.2) is 45.6 Å². The van der Waals surface area contributed by atoms with Gasteiger partial charge in [-0.05, 0) is 36.2 Å². The molecule has 3 aromatic rings. The summed E-state index contributed by atoms with van der Waals surface area (Å²) in [7, 11) is 0. The monoisotopic (exact) mass is 368 g/mol. The summed E-state index contributed by atoms with van der Waals surface area (Å²) in [5.41, 5.74) is 1.19. The number of carbonyl (C=O) groups excluding carboxylic acids is 1. The van der Waals surface area contributed by atoms with Gasteiger partial charge in [0.25, 0.3) is 0 Å². The number of aryl methyl sites for hydroxylation is 1. The van der Waals surface area contributed by atoms with Gasteiger partial charge in [-0.3, -0.25) is 0 Å². The van der Waals surface area contributed by atoms with Crippen LogP contribution in [0.5, 0.6) is 17.2 Å².